The zero-order chi connectivity index (χ0) is 17.5. The molecule has 7 heteroatoms. The van der Waals surface area contributed by atoms with E-state index in [4.69, 9.17) is 27.8 Å². The molecule has 5 nitrogen and oxygen atoms in total. The molecule has 1 saturated carbocycles. The van der Waals surface area contributed by atoms with Gasteiger partial charge in [0, 0.05) is 17.5 Å². The summed E-state index contributed by atoms with van der Waals surface area (Å²) in [5.74, 6) is 0.348. The lowest BCUT2D eigenvalue weighted by molar-refractivity contribution is 0.414. The van der Waals surface area contributed by atoms with E-state index < -0.39 is 20.6 Å². The second kappa shape index (κ2) is 6.04. The summed E-state index contributed by atoms with van der Waals surface area (Å²) in [6.07, 6.45) is 0. The normalized spacial score (nSPS) is 26.2. The molecule has 0 heterocycles. The molecular formula is C17H19ClN2O3S. The molecule has 3 rings (SSSR count). The summed E-state index contributed by atoms with van der Waals surface area (Å²) in [7, 11) is -2.03. The molecule has 4 N–H and O–H groups in total. The minimum Gasteiger partial charge on any atom is -0.497 e. The lowest BCUT2D eigenvalue weighted by Gasteiger charge is -2.09. The van der Waals surface area contributed by atoms with Crippen LogP contribution < -0.4 is 16.2 Å². The molecule has 1 aliphatic carbocycles. The van der Waals surface area contributed by atoms with Crippen LogP contribution in [0.3, 0.4) is 0 Å². The lowest BCUT2D eigenvalue weighted by atomic mass is 10.1. The number of hydrogen-bond donors (Lipinski definition) is 2. The molecule has 24 heavy (non-hydrogen) atoms. The highest BCUT2D eigenvalue weighted by Crippen LogP contribution is 2.55. The van der Waals surface area contributed by atoms with Crippen molar-refractivity contribution >= 4 is 21.4 Å². The molecule has 0 aliphatic heterocycles. The molecule has 0 aromatic heterocycles. The van der Waals surface area contributed by atoms with Gasteiger partial charge >= 0.3 is 0 Å². The minimum absolute atomic E-state index is 0.0845. The molecule has 0 saturated heterocycles. The predicted octanol–water partition coefficient (Wildman–Crippen LogP) is 1.94. The summed E-state index contributed by atoms with van der Waals surface area (Å²) in [6.45, 7) is 0.0845. The van der Waals surface area contributed by atoms with Crippen LogP contribution in [0.2, 0.25) is 5.02 Å². The first-order chi connectivity index (χ1) is 11.3. The fraction of sp³-hybridized carbons (Fsp3) is 0.294. The van der Waals surface area contributed by atoms with Gasteiger partial charge in [0.15, 0.2) is 9.84 Å². The molecule has 1 fully saturated rings. The first-order valence-electron chi connectivity index (χ1n) is 7.47. The van der Waals surface area contributed by atoms with Crippen molar-refractivity contribution < 1.29 is 13.2 Å². The van der Waals surface area contributed by atoms with E-state index in [1.807, 2.05) is 12.1 Å². The smallest absolute Gasteiger partial charge is 0.183 e. The highest BCUT2D eigenvalue weighted by atomic mass is 35.5. The van der Waals surface area contributed by atoms with Crippen molar-refractivity contribution in [1.82, 2.24) is 0 Å². The quantitative estimate of drug-likeness (QED) is 0.843. The molecule has 0 bridgehead atoms. The molecule has 3 atom stereocenters. The lowest BCUT2D eigenvalue weighted by Crippen LogP contribution is -2.39. The molecule has 1 aliphatic rings. The van der Waals surface area contributed by atoms with Crippen LogP contribution in [0, 0.1) is 0 Å². The number of methoxy groups -OCH3 is 1. The van der Waals surface area contributed by atoms with Gasteiger partial charge in [0.25, 0.3) is 0 Å². The molecule has 0 unspecified atom stereocenters. The third kappa shape index (κ3) is 2.69. The molecule has 0 spiro atoms. The van der Waals surface area contributed by atoms with Crippen LogP contribution >= 0.6 is 11.6 Å². The van der Waals surface area contributed by atoms with E-state index in [1.54, 1.807) is 31.4 Å². The third-order valence-electron chi connectivity index (χ3n) is 4.61. The zero-order valence-corrected chi connectivity index (χ0v) is 14.7. The van der Waals surface area contributed by atoms with E-state index in [0.717, 1.165) is 5.56 Å². The zero-order valence-electron chi connectivity index (χ0n) is 13.1. The summed E-state index contributed by atoms with van der Waals surface area (Å²) < 4.78 is 31.1. The van der Waals surface area contributed by atoms with Crippen molar-refractivity contribution in [3.05, 3.63) is 59.1 Å². The second-order valence-corrected chi connectivity index (χ2v) is 8.49. The van der Waals surface area contributed by atoms with Crippen LogP contribution in [-0.2, 0) is 9.84 Å². The van der Waals surface area contributed by atoms with Gasteiger partial charge in [0.05, 0.1) is 22.8 Å². The summed E-state index contributed by atoms with van der Waals surface area (Å²) in [6, 6.07) is 13.3. The number of halogens is 1. The molecular weight excluding hydrogens is 348 g/mol. The third-order valence-corrected chi connectivity index (χ3v) is 7.17. The van der Waals surface area contributed by atoms with Crippen molar-refractivity contribution in [3.8, 4) is 5.75 Å². The van der Waals surface area contributed by atoms with Crippen molar-refractivity contribution in [2.24, 2.45) is 11.5 Å². The van der Waals surface area contributed by atoms with Gasteiger partial charge < -0.3 is 16.2 Å². The van der Waals surface area contributed by atoms with E-state index in [-0.39, 0.29) is 17.4 Å². The van der Waals surface area contributed by atoms with Crippen molar-refractivity contribution in [3.63, 3.8) is 0 Å². The Labute approximate surface area is 146 Å². The van der Waals surface area contributed by atoms with Gasteiger partial charge in [0.2, 0.25) is 0 Å². The van der Waals surface area contributed by atoms with Crippen LogP contribution in [0.15, 0.2) is 53.4 Å². The van der Waals surface area contributed by atoms with E-state index in [2.05, 4.69) is 0 Å². The van der Waals surface area contributed by atoms with Crippen molar-refractivity contribution in [1.29, 1.82) is 0 Å². The van der Waals surface area contributed by atoms with Crippen LogP contribution in [0.1, 0.15) is 11.5 Å². The summed E-state index contributed by atoms with van der Waals surface area (Å²) in [5.41, 5.74) is 12.0. The number of ether oxygens (including phenoxy) is 1. The average molecular weight is 367 g/mol. The largest absolute Gasteiger partial charge is 0.497 e. The number of sulfone groups is 1. The molecule has 0 radical (unpaired) electrons. The predicted molar refractivity (Wildman–Crippen MR) is 94.1 cm³/mol. The highest BCUT2D eigenvalue weighted by Gasteiger charge is 2.68. The van der Waals surface area contributed by atoms with E-state index in [9.17, 15) is 8.42 Å². The van der Waals surface area contributed by atoms with E-state index >= 15 is 0 Å². The Bertz CT molecular complexity index is 837. The van der Waals surface area contributed by atoms with Crippen LogP contribution in [0.4, 0.5) is 0 Å². The number of nitrogens with two attached hydrogens (primary N) is 2. The number of benzene rings is 2. The van der Waals surface area contributed by atoms with Crippen LogP contribution in [-0.4, -0.2) is 32.9 Å². The minimum atomic E-state index is -3.61. The first kappa shape index (κ1) is 17.2. The summed E-state index contributed by atoms with van der Waals surface area (Å²) in [5, 5.41) is -0.279. The van der Waals surface area contributed by atoms with Crippen molar-refractivity contribution in [2.45, 2.75) is 21.6 Å². The average Bonchev–Trinajstić information content (AvgIpc) is 3.23. The topological polar surface area (TPSA) is 95.4 Å². The Morgan fingerprint density at radius 2 is 1.71 bits per heavy atom. The fourth-order valence-corrected chi connectivity index (χ4v) is 5.65. The van der Waals surface area contributed by atoms with Gasteiger partial charge in [-0.2, -0.15) is 0 Å². The first-order valence-corrected chi connectivity index (χ1v) is 9.39. The SMILES string of the molecule is COc1ccc([C@H]2[C@H](S(=O)(=O)c3ccc(Cl)cc3)[C@@]2(N)CN)cc1. The van der Waals surface area contributed by atoms with Gasteiger partial charge in [-0.05, 0) is 42.0 Å². The number of hydrogen-bond acceptors (Lipinski definition) is 5. The van der Waals surface area contributed by atoms with Gasteiger partial charge in [-0.1, -0.05) is 23.7 Å². The summed E-state index contributed by atoms with van der Waals surface area (Å²) >= 11 is 5.84. The Balaban J connectivity index is 1.98. The van der Waals surface area contributed by atoms with E-state index in [1.165, 1.54) is 12.1 Å². The summed E-state index contributed by atoms with van der Waals surface area (Å²) in [4.78, 5) is 0.205. The standard InChI is InChI=1S/C17H19ClN2O3S/c1-23-13-6-2-11(3-7-13)15-16(17(15,20)10-19)24(21,22)14-8-4-12(18)5-9-14/h2-9,15-16H,10,19-20H2,1H3/t15-,16-,17+/m0/s1. The monoisotopic (exact) mass is 366 g/mol. The highest BCUT2D eigenvalue weighted by molar-refractivity contribution is 7.92. The Morgan fingerprint density at radius 1 is 1.12 bits per heavy atom. The van der Waals surface area contributed by atoms with Crippen LogP contribution in [0.25, 0.3) is 0 Å². The number of rotatable bonds is 5. The van der Waals surface area contributed by atoms with Gasteiger partial charge in [-0.3, -0.25) is 0 Å². The Morgan fingerprint density at radius 3 is 2.21 bits per heavy atom. The van der Waals surface area contributed by atoms with Crippen molar-refractivity contribution in [2.75, 3.05) is 13.7 Å². The second-order valence-electron chi connectivity index (χ2n) is 5.99. The molecule has 128 valence electrons. The van der Waals surface area contributed by atoms with Gasteiger partial charge in [-0.15, -0.1) is 0 Å². The maximum absolute atomic E-state index is 13.0. The maximum Gasteiger partial charge on any atom is 0.183 e. The van der Waals surface area contributed by atoms with Gasteiger partial charge in [0.1, 0.15) is 5.75 Å². The Hall–Kier alpha value is -1.60. The molecule has 2 aromatic carbocycles. The molecule has 0 amide bonds. The fourth-order valence-electron chi connectivity index (χ4n) is 3.20. The Kier molecular flexibility index (Phi) is 4.34. The molecule has 2 aromatic rings. The van der Waals surface area contributed by atoms with Gasteiger partial charge in [-0.25, -0.2) is 8.42 Å². The maximum atomic E-state index is 13.0. The van der Waals surface area contributed by atoms with E-state index in [0.29, 0.717) is 10.8 Å². The van der Waals surface area contributed by atoms with Crippen LogP contribution in [0.5, 0.6) is 5.75 Å².